The number of anilines is 1. The van der Waals surface area contributed by atoms with E-state index in [4.69, 9.17) is 5.73 Å². The van der Waals surface area contributed by atoms with E-state index in [0.29, 0.717) is 12.0 Å². The Hall–Kier alpha value is -0.510. The molecule has 1 saturated carbocycles. The van der Waals surface area contributed by atoms with Crippen LogP contribution in [0.4, 0.5) is 5.82 Å². The number of rotatable bonds is 1. The fourth-order valence-corrected chi connectivity index (χ4v) is 2.20. The van der Waals surface area contributed by atoms with Crippen LogP contribution < -0.4 is 5.73 Å². The molecule has 4 heteroatoms. The Kier molecular flexibility index (Phi) is 2.10. The number of hydrogen-bond acceptors (Lipinski definition) is 2. The van der Waals surface area contributed by atoms with E-state index in [0.717, 1.165) is 16.2 Å². The van der Waals surface area contributed by atoms with Crippen LogP contribution in [-0.4, -0.2) is 9.78 Å². The molecule has 2 rings (SSSR count). The fraction of sp³-hybridized carbons (Fsp3) is 0.667. The van der Waals surface area contributed by atoms with Crippen LogP contribution in [0.3, 0.4) is 0 Å². The molecule has 1 fully saturated rings. The Morgan fingerprint density at radius 3 is 2.69 bits per heavy atom. The molecule has 0 spiro atoms. The summed E-state index contributed by atoms with van der Waals surface area (Å²) in [5.41, 5.74) is 5.87. The third-order valence-corrected chi connectivity index (χ3v) is 3.83. The number of halogens is 1. The second-order valence-electron chi connectivity index (χ2n) is 3.96. The monoisotopic (exact) mass is 243 g/mol. The summed E-state index contributed by atoms with van der Waals surface area (Å²) >= 11 is 3.36. The van der Waals surface area contributed by atoms with E-state index in [1.165, 1.54) is 6.42 Å². The predicted octanol–water partition coefficient (Wildman–Crippen LogP) is 2.44. The van der Waals surface area contributed by atoms with Crippen molar-refractivity contribution >= 4 is 21.7 Å². The molecule has 0 aliphatic heterocycles. The van der Waals surface area contributed by atoms with Crippen molar-refractivity contribution < 1.29 is 0 Å². The van der Waals surface area contributed by atoms with E-state index in [9.17, 15) is 0 Å². The summed E-state index contributed by atoms with van der Waals surface area (Å²) in [6.45, 7) is 4.53. The van der Waals surface area contributed by atoms with Gasteiger partial charge in [0.15, 0.2) is 0 Å². The summed E-state index contributed by atoms with van der Waals surface area (Å²) in [6.07, 6.45) is 2.96. The second-order valence-corrected chi connectivity index (χ2v) is 4.82. The maximum Gasteiger partial charge on any atom is 0.136 e. The molecule has 0 saturated heterocycles. The maximum atomic E-state index is 5.87. The number of nitrogen functional groups attached to an aromatic ring is 1. The Labute approximate surface area is 86.4 Å². The smallest absolute Gasteiger partial charge is 0.136 e. The Balaban J connectivity index is 2.23. The molecule has 72 valence electrons. The van der Waals surface area contributed by atoms with Gasteiger partial charge in [0.2, 0.25) is 0 Å². The largest absolute Gasteiger partial charge is 0.383 e. The van der Waals surface area contributed by atoms with Crippen molar-refractivity contribution in [2.75, 3.05) is 5.73 Å². The molecule has 3 atom stereocenters. The first kappa shape index (κ1) is 9.06. The van der Waals surface area contributed by atoms with Gasteiger partial charge in [0.25, 0.3) is 0 Å². The molecule has 2 N–H and O–H groups in total. The minimum Gasteiger partial charge on any atom is -0.383 e. The molecular formula is C9H14BrN3. The lowest BCUT2D eigenvalue weighted by molar-refractivity contribution is 0.103. The van der Waals surface area contributed by atoms with Crippen LogP contribution in [0.15, 0.2) is 10.7 Å². The SMILES string of the molecule is CC1CC(n2ncc(Br)c2N)C1C. The molecule has 13 heavy (non-hydrogen) atoms. The van der Waals surface area contributed by atoms with Gasteiger partial charge < -0.3 is 5.73 Å². The predicted molar refractivity (Wildman–Crippen MR) is 56.3 cm³/mol. The molecular weight excluding hydrogens is 230 g/mol. The van der Waals surface area contributed by atoms with Gasteiger partial charge in [0, 0.05) is 0 Å². The van der Waals surface area contributed by atoms with Crippen molar-refractivity contribution in [3.8, 4) is 0 Å². The molecule has 1 aliphatic carbocycles. The van der Waals surface area contributed by atoms with Gasteiger partial charge in [-0.1, -0.05) is 13.8 Å². The zero-order chi connectivity index (χ0) is 9.59. The summed E-state index contributed by atoms with van der Waals surface area (Å²) in [7, 11) is 0. The highest BCUT2D eigenvalue weighted by molar-refractivity contribution is 9.10. The first-order valence-electron chi connectivity index (χ1n) is 4.59. The zero-order valence-electron chi connectivity index (χ0n) is 7.87. The minimum absolute atomic E-state index is 0.501. The third kappa shape index (κ3) is 1.27. The number of aromatic nitrogens is 2. The van der Waals surface area contributed by atoms with Crippen LogP contribution in [0, 0.1) is 11.8 Å². The third-order valence-electron chi connectivity index (χ3n) is 3.22. The Morgan fingerprint density at radius 1 is 1.62 bits per heavy atom. The molecule has 0 radical (unpaired) electrons. The zero-order valence-corrected chi connectivity index (χ0v) is 9.45. The van der Waals surface area contributed by atoms with E-state index < -0.39 is 0 Å². The molecule has 1 heterocycles. The van der Waals surface area contributed by atoms with E-state index in [1.54, 1.807) is 6.20 Å². The lowest BCUT2D eigenvalue weighted by Crippen LogP contribution is -2.35. The first-order chi connectivity index (χ1) is 6.11. The molecule has 3 nitrogen and oxygen atoms in total. The molecule has 0 amide bonds. The van der Waals surface area contributed by atoms with Crippen molar-refractivity contribution in [3.63, 3.8) is 0 Å². The van der Waals surface area contributed by atoms with Crippen molar-refractivity contribution in [3.05, 3.63) is 10.7 Å². The number of nitrogens with two attached hydrogens (primary N) is 1. The lowest BCUT2D eigenvalue weighted by Gasteiger charge is -2.41. The van der Waals surface area contributed by atoms with E-state index >= 15 is 0 Å². The quantitative estimate of drug-likeness (QED) is 0.824. The first-order valence-corrected chi connectivity index (χ1v) is 5.39. The van der Waals surface area contributed by atoms with Gasteiger partial charge in [-0.2, -0.15) is 5.10 Å². The highest BCUT2D eigenvalue weighted by atomic mass is 79.9. The topological polar surface area (TPSA) is 43.8 Å². The van der Waals surface area contributed by atoms with Gasteiger partial charge in [0.05, 0.1) is 16.7 Å². The van der Waals surface area contributed by atoms with Crippen molar-refractivity contribution in [2.45, 2.75) is 26.3 Å². The summed E-state index contributed by atoms with van der Waals surface area (Å²) < 4.78 is 2.84. The average Bonchev–Trinajstić information content (AvgIpc) is 2.44. The van der Waals surface area contributed by atoms with Crippen LogP contribution in [0.25, 0.3) is 0 Å². The van der Waals surface area contributed by atoms with Crippen LogP contribution in [0.5, 0.6) is 0 Å². The fourth-order valence-electron chi connectivity index (χ4n) is 1.93. The van der Waals surface area contributed by atoms with Crippen molar-refractivity contribution in [1.82, 2.24) is 9.78 Å². The van der Waals surface area contributed by atoms with E-state index in [-0.39, 0.29) is 0 Å². The minimum atomic E-state index is 0.501. The Morgan fingerprint density at radius 2 is 2.31 bits per heavy atom. The van der Waals surface area contributed by atoms with Gasteiger partial charge >= 0.3 is 0 Å². The second kappa shape index (κ2) is 3.01. The van der Waals surface area contributed by atoms with Crippen molar-refractivity contribution in [2.24, 2.45) is 11.8 Å². The molecule has 1 aliphatic rings. The summed E-state index contributed by atoms with van der Waals surface area (Å²) in [4.78, 5) is 0. The molecule has 0 aromatic carbocycles. The Bertz CT molecular complexity index is 321. The highest BCUT2D eigenvalue weighted by Crippen LogP contribution is 2.44. The van der Waals surface area contributed by atoms with Crippen LogP contribution >= 0.6 is 15.9 Å². The number of nitrogens with zero attached hydrogens (tertiary/aromatic N) is 2. The summed E-state index contributed by atoms with van der Waals surface area (Å²) in [6, 6.07) is 0.501. The van der Waals surface area contributed by atoms with Gasteiger partial charge in [0.1, 0.15) is 5.82 Å². The highest BCUT2D eigenvalue weighted by Gasteiger charge is 2.37. The standard InChI is InChI=1S/C9H14BrN3/c1-5-3-8(6(5)2)13-9(11)7(10)4-12-13/h4-6,8H,3,11H2,1-2H3. The van der Waals surface area contributed by atoms with E-state index in [2.05, 4.69) is 34.9 Å². The molecule has 3 unspecified atom stereocenters. The van der Waals surface area contributed by atoms with Crippen molar-refractivity contribution in [1.29, 1.82) is 0 Å². The molecule has 0 bridgehead atoms. The summed E-state index contributed by atoms with van der Waals surface area (Å²) in [5.74, 6) is 2.24. The average molecular weight is 244 g/mol. The normalized spacial score (nSPS) is 33.0. The van der Waals surface area contributed by atoms with Gasteiger partial charge in [-0.05, 0) is 34.2 Å². The maximum absolute atomic E-state index is 5.87. The van der Waals surface area contributed by atoms with Gasteiger partial charge in [-0.3, -0.25) is 0 Å². The molecule has 1 aromatic heterocycles. The number of hydrogen-bond donors (Lipinski definition) is 1. The molecule has 1 aromatic rings. The van der Waals surface area contributed by atoms with Gasteiger partial charge in [-0.15, -0.1) is 0 Å². The summed E-state index contributed by atoms with van der Waals surface area (Å²) in [5, 5.41) is 4.27. The lowest BCUT2D eigenvalue weighted by atomic mass is 9.71. The van der Waals surface area contributed by atoms with Crippen LogP contribution in [-0.2, 0) is 0 Å². The van der Waals surface area contributed by atoms with Crippen LogP contribution in [0.1, 0.15) is 26.3 Å². The van der Waals surface area contributed by atoms with Gasteiger partial charge in [-0.25, -0.2) is 4.68 Å². The van der Waals surface area contributed by atoms with Crippen LogP contribution in [0.2, 0.25) is 0 Å². The van der Waals surface area contributed by atoms with E-state index in [1.807, 2.05) is 4.68 Å².